The Labute approximate surface area is 120 Å². The second-order valence-electron chi connectivity index (χ2n) is 5.77. The molecule has 0 aromatic rings. The summed E-state index contributed by atoms with van der Waals surface area (Å²) < 4.78 is 0. The Bertz CT molecular complexity index is 402. The van der Waals surface area contributed by atoms with E-state index in [9.17, 15) is 9.59 Å². The second-order valence-corrected chi connectivity index (χ2v) is 6.14. The van der Waals surface area contributed by atoms with E-state index in [0.29, 0.717) is 18.5 Å². The lowest BCUT2D eigenvalue weighted by Crippen LogP contribution is -2.47. The molecule has 19 heavy (non-hydrogen) atoms. The van der Waals surface area contributed by atoms with Gasteiger partial charge < -0.3 is 5.32 Å². The molecule has 2 amide bonds. The molecule has 0 saturated heterocycles. The molecule has 1 rings (SSSR count). The minimum absolute atomic E-state index is 0.0411. The van der Waals surface area contributed by atoms with Crippen LogP contribution in [-0.4, -0.2) is 28.8 Å². The van der Waals surface area contributed by atoms with Crippen molar-refractivity contribution in [2.75, 3.05) is 0 Å². The summed E-state index contributed by atoms with van der Waals surface area (Å²) in [5.74, 6) is 0.150. The van der Waals surface area contributed by atoms with Crippen molar-refractivity contribution in [2.45, 2.75) is 59.5 Å². The van der Waals surface area contributed by atoms with Gasteiger partial charge in [-0.05, 0) is 40.0 Å². The van der Waals surface area contributed by atoms with Crippen molar-refractivity contribution in [3.05, 3.63) is 10.7 Å². The third-order valence-electron chi connectivity index (χ3n) is 3.01. The number of nitrogens with one attached hydrogen (secondary N) is 1. The highest BCUT2D eigenvalue weighted by molar-refractivity contribution is 6.43. The normalized spacial score (nSPS) is 20.2. The molecule has 0 saturated carbocycles. The molecule has 0 unspecified atom stereocenters. The minimum Gasteiger partial charge on any atom is -0.336 e. The van der Waals surface area contributed by atoms with Crippen molar-refractivity contribution >= 4 is 23.4 Å². The third kappa shape index (κ3) is 3.96. The predicted molar refractivity (Wildman–Crippen MR) is 76.9 cm³/mol. The number of ketones is 1. The van der Waals surface area contributed by atoms with E-state index in [0.717, 1.165) is 0 Å². The smallest absolute Gasteiger partial charge is 0.322 e. The fourth-order valence-corrected chi connectivity index (χ4v) is 2.49. The first-order valence-corrected chi connectivity index (χ1v) is 7.13. The zero-order chi connectivity index (χ0) is 14.7. The Morgan fingerprint density at radius 2 is 1.89 bits per heavy atom. The number of hydrogen-bond donors (Lipinski definition) is 1. The molecule has 0 aromatic carbocycles. The summed E-state index contributed by atoms with van der Waals surface area (Å²) in [6, 6.07) is -0.189. The Hall–Kier alpha value is -1.03. The first-order valence-electron chi connectivity index (χ1n) is 6.75. The van der Waals surface area contributed by atoms with Crippen molar-refractivity contribution in [2.24, 2.45) is 5.92 Å². The van der Waals surface area contributed by atoms with Crippen molar-refractivity contribution in [3.8, 4) is 0 Å². The zero-order valence-corrected chi connectivity index (χ0v) is 13.0. The molecule has 0 aliphatic heterocycles. The summed E-state index contributed by atoms with van der Waals surface area (Å²) in [6.45, 7) is 9.64. The van der Waals surface area contributed by atoms with E-state index in [-0.39, 0.29) is 34.8 Å². The fourth-order valence-electron chi connectivity index (χ4n) is 2.25. The molecule has 4 nitrogen and oxygen atoms in total. The number of halogens is 1. The highest BCUT2D eigenvalue weighted by atomic mass is 35.5. The first kappa shape index (κ1) is 16.0. The maximum atomic E-state index is 12.3. The van der Waals surface area contributed by atoms with Gasteiger partial charge in [0, 0.05) is 24.2 Å². The molecule has 1 atom stereocenters. The largest absolute Gasteiger partial charge is 0.336 e. The fraction of sp³-hybridized carbons (Fsp3) is 0.714. The Kier molecular flexibility index (Phi) is 5.41. The number of carbonyl (C=O) groups excluding carboxylic acids is 2. The van der Waals surface area contributed by atoms with Crippen LogP contribution in [0.25, 0.3) is 0 Å². The van der Waals surface area contributed by atoms with Gasteiger partial charge in [-0.3, -0.25) is 9.69 Å². The van der Waals surface area contributed by atoms with Crippen LogP contribution in [-0.2, 0) is 4.79 Å². The van der Waals surface area contributed by atoms with Crippen LogP contribution in [0.15, 0.2) is 10.7 Å². The minimum atomic E-state index is -0.194. The van der Waals surface area contributed by atoms with E-state index in [2.05, 4.69) is 5.32 Å². The number of hydrogen-bond acceptors (Lipinski definition) is 2. The van der Waals surface area contributed by atoms with Crippen LogP contribution in [0, 0.1) is 5.92 Å². The summed E-state index contributed by atoms with van der Waals surface area (Å²) in [6.07, 6.45) is 1.12. The first-order chi connectivity index (χ1) is 8.73. The van der Waals surface area contributed by atoms with Gasteiger partial charge in [-0.2, -0.15) is 0 Å². The van der Waals surface area contributed by atoms with Crippen molar-refractivity contribution in [3.63, 3.8) is 0 Å². The lowest BCUT2D eigenvalue weighted by molar-refractivity contribution is -0.116. The highest BCUT2D eigenvalue weighted by Gasteiger charge is 2.31. The average Bonchev–Trinajstić information content (AvgIpc) is 2.23. The second kappa shape index (κ2) is 6.42. The molecule has 5 heteroatoms. The molecule has 0 bridgehead atoms. The number of urea groups is 1. The molecule has 0 radical (unpaired) electrons. The molecule has 0 fully saturated rings. The van der Waals surface area contributed by atoms with E-state index in [1.54, 1.807) is 4.90 Å². The highest BCUT2D eigenvalue weighted by Crippen LogP contribution is 2.32. The van der Waals surface area contributed by atoms with Gasteiger partial charge in [0.1, 0.15) is 5.03 Å². The molecule has 108 valence electrons. The van der Waals surface area contributed by atoms with Crippen LogP contribution in [0.3, 0.4) is 0 Å². The van der Waals surface area contributed by atoms with Gasteiger partial charge in [0.15, 0.2) is 5.78 Å². The number of rotatable bonds is 3. The van der Waals surface area contributed by atoms with Gasteiger partial charge in [-0.25, -0.2) is 4.79 Å². The van der Waals surface area contributed by atoms with Gasteiger partial charge in [-0.15, -0.1) is 0 Å². The van der Waals surface area contributed by atoms with Gasteiger partial charge >= 0.3 is 6.03 Å². The zero-order valence-electron chi connectivity index (χ0n) is 12.3. The van der Waals surface area contributed by atoms with E-state index in [1.807, 2.05) is 34.6 Å². The maximum Gasteiger partial charge on any atom is 0.322 e. The summed E-state index contributed by atoms with van der Waals surface area (Å²) >= 11 is 6.13. The lowest BCUT2D eigenvalue weighted by Gasteiger charge is -2.34. The molecular weight excluding hydrogens is 264 g/mol. The molecule has 0 spiro atoms. The molecule has 1 N–H and O–H groups in total. The van der Waals surface area contributed by atoms with Crippen molar-refractivity contribution in [1.82, 2.24) is 10.2 Å². The van der Waals surface area contributed by atoms with Crippen molar-refractivity contribution in [1.29, 1.82) is 0 Å². The van der Waals surface area contributed by atoms with E-state index in [1.165, 1.54) is 0 Å². The maximum absolute atomic E-state index is 12.3. The van der Waals surface area contributed by atoms with E-state index < -0.39 is 0 Å². The summed E-state index contributed by atoms with van der Waals surface area (Å²) in [5, 5.41) is 3.07. The average molecular weight is 287 g/mol. The molecule has 0 aromatic heterocycles. The van der Waals surface area contributed by atoms with Crippen molar-refractivity contribution < 1.29 is 9.59 Å². The van der Waals surface area contributed by atoms with Crippen LogP contribution in [0.5, 0.6) is 0 Å². The SMILES string of the molecule is CC(C)NC(=O)N(C1=C(Cl)C(=O)C[C@@H](C)C1)C(C)C. The van der Waals surface area contributed by atoms with Crippen LogP contribution in [0.4, 0.5) is 4.79 Å². The summed E-state index contributed by atoms with van der Waals surface area (Å²) in [5.41, 5.74) is 0.651. The Morgan fingerprint density at radius 3 is 2.37 bits per heavy atom. The summed E-state index contributed by atoms with van der Waals surface area (Å²) in [4.78, 5) is 25.7. The van der Waals surface area contributed by atoms with Crippen LogP contribution in [0.1, 0.15) is 47.5 Å². The lowest BCUT2D eigenvalue weighted by atomic mass is 9.91. The summed E-state index contributed by atoms with van der Waals surface area (Å²) in [7, 11) is 0. The number of nitrogens with zero attached hydrogens (tertiary/aromatic N) is 1. The number of allylic oxidation sites excluding steroid dienone is 2. The number of amides is 2. The van der Waals surface area contributed by atoms with Gasteiger partial charge in [0.2, 0.25) is 0 Å². The Morgan fingerprint density at radius 1 is 1.32 bits per heavy atom. The van der Waals surface area contributed by atoms with Gasteiger partial charge in [0.05, 0.1) is 0 Å². The molecule has 0 heterocycles. The van der Waals surface area contributed by atoms with E-state index >= 15 is 0 Å². The van der Waals surface area contributed by atoms with E-state index in [4.69, 9.17) is 11.6 Å². The van der Waals surface area contributed by atoms with Gasteiger partial charge in [0.25, 0.3) is 0 Å². The van der Waals surface area contributed by atoms with Crippen LogP contribution in [0.2, 0.25) is 0 Å². The quantitative estimate of drug-likeness (QED) is 0.866. The number of Topliss-reactive ketones (excluding diaryl/α,β-unsaturated/α-hetero) is 1. The third-order valence-corrected chi connectivity index (χ3v) is 3.44. The monoisotopic (exact) mass is 286 g/mol. The predicted octanol–water partition coefficient (Wildman–Crippen LogP) is 3.26. The van der Waals surface area contributed by atoms with Crippen LogP contribution < -0.4 is 5.32 Å². The topological polar surface area (TPSA) is 49.4 Å². The molecular formula is C14H23ClN2O2. The standard InChI is InChI=1S/C14H23ClN2O2/c1-8(2)16-14(19)17(9(3)4)11-6-10(5)7-12(18)13(11)15/h8-10H,6-7H2,1-5H3,(H,16,19)/t10-/m0/s1. The molecule has 1 aliphatic rings. The van der Waals surface area contributed by atoms with Crippen LogP contribution >= 0.6 is 11.6 Å². The number of carbonyl (C=O) groups is 2. The van der Waals surface area contributed by atoms with Gasteiger partial charge in [-0.1, -0.05) is 18.5 Å². The molecule has 1 aliphatic carbocycles. The Balaban J connectivity index is 3.08.